The molecule has 1 amide bonds. The van der Waals surface area contributed by atoms with Gasteiger partial charge < -0.3 is 15.7 Å². The summed E-state index contributed by atoms with van der Waals surface area (Å²) < 4.78 is 0. The maximum atomic E-state index is 12.7. The number of nitrogens with zero attached hydrogens (tertiary/aromatic N) is 2. The standard InChI is InChI=1S/C20H19ClN4O2/c1-13(26)12-24-19-15(5-4-10-23-19)20(27)25-14-7-8-17(21)16(11-14)18-6-2-3-9-22-18/h2-11,13,26H,12H2,1H3,(H,23,24)(H,25,27). The molecule has 1 atom stereocenters. The Labute approximate surface area is 162 Å². The van der Waals surface area contributed by atoms with Gasteiger partial charge in [-0.3, -0.25) is 9.78 Å². The van der Waals surface area contributed by atoms with Gasteiger partial charge >= 0.3 is 0 Å². The van der Waals surface area contributed by atoms with Crippen molar-refractivity contribution >= 4 is 29.0 Å². The van der Waals surface area contributed by atoms with Crippen LogP contribution in [0, 0.1) is 0 Å². The molecule has 0 radical (unpaired) electrons. The summed E-state index contributed by atoms with van der Waals surface area (Å²) in [5, 5.41) is 15.8. The highest BCUT2D eigenvalue weighted by Gasteiger charge is 2.14. The molecule has 1 aromatic carbocycles. The number of carbonyl (C=O) groups is 1. The normalized spacial score (nSPS) is 11.7. The number of carbonyl (C=O) groups excluding carboxylic acids is 1. The molecule has 3 N–H and O–H groups in total. The number of aliphatic hydroxyl groups excluding tert-OH is 1. The lowest BCUT2D eigenvalue weighted by Gasteiger charge is -2.13. The minimum absolute atomic E-state index is 0.294. The zero-order valence-electron chi connectivity index (χ0n) is 14.7. The first kappa shape index (κ1) is 18.8. The highest BCUT2D eigenvalue weighted by atomic mass is 35.5. The molecular formula is C20H19ClN4O2. The number of pyridine rings is 2. The van der Waals surface area contributed by atoms with Gasteiger partial charge in [0.1, 0.15) is 5.82 Å². The van der Waals surface area contributed by atoms with E-state index in [0.29, 0.717) is 28.6 Å². The van der Waals surface area contributed by atoms with Crippen molar-refractivity contribution in [2.45, 2.75) is 13.0 Å². The molecule has 6 nitrogen and oxygen atoms in total. The topological polar surface area (TPSA) is 87.1 Å². The predicted octanol–water partition coefficient (Wildman–Crippen LogP) is 3.84. The number of amides is 1. The van der Waals surface area contributed by atoms with Gasteiger partial charge in [0.25, 0.3) is 5.91 Å². The van der Waals surface area contributed by atoms with E-state index in [0.717, 1.165) is 11.3 Å². The Balaban J connectivity index is 1.83. The van der Waals surface area contributed by atoms with Gasteiger partial charge in [-0.25, -0.2) is 4.98 Å². The van der Waals surface area contributed by atoms with E-state index in [4.69, 9.17) is 11.6 Å². The molecule has 0 spiro atoms. The molecule has 0 bridgehead atoms. The zero-order chi connectivity index (χ0) is 19.2. The molecule has 0 aliphatic rings. The fraction of sp³-hybridized carbons (Fsp3) is 0.150. The number of halogens is 1. The van der Waals surface area contributed by atoms with Crippen LogP contribution < -0.4 is 10.6 Å². The van der Waals surface area contributed by atoms with Crippen molar-refractivity contribution in [3.8, 4) is 11.3 Å². The summed E-state index contributed by atoms with van der Waals surface area (Å²) in [6.07, 6.45) is 2.72. The lowest BCUT2D eigenvalue weighted by molar-refractivity contribution is 0.102. The van der Waals surface area contributed by atoms with Gasteiger partial charge in [-0.1, -0.05) is 17.7 Å². The highest BCUT2D eigenvalue weighted by Crippen LogP contribution is 2.29. The van der Waals surface area contributed by atoms with Crippen LogP contribution in [0.25, 0.3) is 11.3 Å². The smallest absolute Gasteiger partial charge is 0.259 e. The average Bonchev–Trinajstić information content (AvgIpc) is 2.68. The summed E-state index contributed by atoms with van der Waals surface area (Å²) in [4.78, 5) is 21.2. The number of hydrogen-bond donors (Lipinski definition) is 3. The number of aliphatic hydroxyl groups is 1. The van der Waals surface area contributed by atoms with Crippen LogP contribution in [0.1, 0.15) is 17.3 Å². The number of nitrogens with one attached hydrogen (secondary N) is 2. The molecule has 0 saturated carbocycles. The Kier molecular flexibility index (Phi) is 6.01. The Hall–Kier alpha value is -2.96. The second-order valence-electron chi connectivity index (χ2n) is 5.99. The molecular weight excluding hydrogens is 364 g/mol. The van der Waals surface area contributed by atoms with E-state index in [2.05, 4.69) is 20.6 Å². The van der Waals surface area contributed by atoms with Crippen molar-refractivity contribution < 1.29 is 9.90 Å². The van der Waals surface area contributed by atoms with Crippen LogP contribution in [0.3, 0.4) is 0 Å². The van der Waals surface area contributed by atoms with Crippen molar-refractivity contribution in [3.63, 3.8) is 0 Å². The SMILES string of the molecule is CC(O)CNc1ncccc1C(=O)Nc1ccc(Cl)c(-c2ccccn2)c1. The monoisotopic (exact) mass is 382 g/mol. The number of rotatable bonds is 6. The third-order valence-corrected chi connectivity index (χ3v) is 4.11. The van der Waals surface area contributed by atoms with Gasteiger partial charge in [0, 0.05) is 30.2 Å². The van der Waals surface area contributed by atoms with Gasteiger partial charge in [0.15, 0.2) is 0 Å². The van der Waals surface area contributed by atoms with Crippen LogP contribution in [0.5, 0.6) is 0 Å². The molecule has 0 saturated heterocycles. The van der Waals surface area contributed by atoms with Crippen molar-refractivity contribution in [2.24, 2.45) is 0 Å². The summed E-state index contributed by atoms with van der Waals surface area (Å²) in [6, 6.07) is 14.1. The minimum Gasteiger partial charge on any atom is -0.392 e. The molecule has 0 aliphatic carbocycles. The van der Waals surface area contributed by atoms with E-state index >= 15 is 0 Å². The van der Waals surface area contributed by atoms with Gasteiger partial charge in [0.2, 0.25) is 0 Å². The van der Waals surface area contributed by atoms with Gasteiger partial charge in [0.05, 0.1) is 22.4 Å². The molecule has 27 heavy (non-hydrogen) atoms. The molecule has 7 heteroatoms. The van der Waals surface area contributed by atoms with E-state index in [1.165, 1.54) is 0 Å². The fourth-order valence-corrected chi connectivity index (χ4v) is 2.71. The second kappa shape index (κ2) is 8.62. The van der Waals surface area contributed by atoms with Crippen LogP contribution in [0.15, 0.2) is 60.9 Å². The molecule has 138 valence electrons. The zero-order valence-corrected chi connectivity index (χ0v) is 15.4. The van der Waals surface area contributed by atoms with Crippen molar-refractivity contribution in [3.05, 3.63) is 71.5 Å². The first-order valence-electron chi connectivity index (χ1n) is 8.44. The lowest BCUT2D eigenvalue weighted by Crippen LogP contribution is -2.20. The number of anilines is 2. The lowest BCUT2D eigenvalue weighted by atomic mass is 10.1. The van der Waals surface area contributed by atoms with Crippen molar-refractivity contribution in [2.75, 3.05) is 17.2 Å². The summed E-state index contributed by atoms with van der Waals surface area (Å²) in [6.45, 7) is 1.95. The molecule has 3 rings (SSSR count). The second-order valence-corrected chi connectivity index (χ2v) is 6.40. The third kappa shape index (κ3) is 4.81. The van der Waals surface area contributed by atoms with Crippen LogP contribution in [0.4, 0.5) is 11.5 Å². The molecule has 3 aromatic rings. The molecule has 0 aliphatic heterocycles. The maximum Gasteiger partial charge on any atom is 0.259 e. The van der Waals surface area contributed by atoms with E-state index in [1.54, 1.807) is 49.6 Å². The summed E-state index contributed by atoms with van der Waals surface area (Å²) in [7, 11) is 0. The third-order valence-electron chi connectivity index (χ3n) is 3.78. The van der Waals surface area contributed by atoms with Crippen LogP contribution in [-0.4, -0.2) is 33.6 Å². The number of aromatic nitrogens is 2. The van der Waals surface area contributed by atoms with E-state index in [1.807, 2.05) is 18.2 Å². The Morgan fingerprint density at radius 1 is 1.15 bits per heavy atom. The van der Waals surface area contributed by atoms with Gasteiger partial charge in [-0.2, -0.15) is 0 Å². The van der Waals surface area contributed by atoms with Crippen molar-refractivity contribution in [1.82, 2.24) is 9.97 Å². The maximum absolute atomic E-state index is 12.7. The van der Waals surface area contributed by atoms with E-state index in [9.17, 15) is 9.90 Å². The molecule has 0 fully saturated rings. The Bertz CT molecular complexity index is 932. The minimum atomic E-state index is -0.555. The largest absolute Gasteiger partial charge is 0.392 e. The number of benzene rings is 1. The van der Waals surface area contributed by atoms with Crippen molar-refractivity contribution in [1.29, 1.82) is 0 Å². The summed E-state index contributed by atoms with van der Waals surface area (Å²) in [5.74, 6) is 0.0975. The summed E-state index contributed by atoms with van der Waals surface area (Å²) >= 11 is 6.28. The highest BCUT2D eigenvalue weighted by molar-refractivity contribution is 6.33. The van der Waals surface area contributed by atoms with Crippen LogP contribution in [0.2, 0.25) is 5.02 Å². The van der Waals surface area contributed by atoms with Crippen LogP contribution >= 0.6 is 11.6 Å². The van der Waals surface area contributed by atoms with Gasteiger partial charge in [-0.05, 0) is 49.4 Å². The molecule has 2 heterocycles. The Morgan fingerprint density at radius 3 is 2.70 bits per heavy atom. The molecule has 1 unspecified atom stereocenters. The first-order chi connectivity index (χ1) is 13.0. The fourth-order valence-electron chi connectivity index (χ4n) is 2.49. The predicted molar refractivity (Wildman–Crippen MR) is 107 cm³/mol. The van der Waals surface area contributed by atoms with E-state index in [-0.39, 0.29) is 5.91 Å². The average molecular weight is 383 g/mol. The number of hydrogen-bond acceptors (Lipinski definition) is 5. The quantitative estimate of drug-likeness (QED) is 0.603. The van der Waals surface area contributed by atoms with Crippen LogP contribution in [-0.2, 0) is 0 Å². The first-order valence-corrected chi connectivity index (χ1v) is 8.81. The van der Waals surface area contributed by atoms with E-state index < -0.39 is 6.10 Å². The summed E-state index contributed by atoms with van der Waals surface area (Å²) in [5.41, 5.74) is 2.43. The van der Waals surface area contributed by atoms with Gasteiger partial charge in [-0.15, -0.1) is 0 Å². The Morgan fingerprint density at radius 2 is 1.96 bits per heavy atom. The molecule has 2 aromatic heterocycles.